The molecule has 160 valence electrons. The van der Waals surface area contributed by atoms with Gasteiger partial charge in [0.2, 0.25) is 0 Å². The van der Waals surface area contributed by atoms with Crippen molar-refractivity contribution in [3.05, 3.63) is 54.0 Å². The molecule has 3 heterocycles. The molecule has 2 saturated heterocycles. The van der Waals surface area contributed by atoms with Crippen LogP contribution in [0.4, 0.5) is 5.69 Å². The number of piperidine rings is 1. The van der Waals surface area contributed by atoms with Gasteiger partial charge in [-0.15, -0.1) is 0 Å². The molecule has 2 fully saturated rings. The van der Waals surface area contributed by atoms with E-state index in [9.17, 15) is 18.0 Å². The molecule has 0 saturated carbocycles. The summed E-state index contributed by atoms with van der Waals surface area (Å²) < 4.78 is 29.6. The molecule has 2 atom stereocenters. The van der Waals surface area contributed by atoms with Crippen LogP contribution in [0.3, 0.4) is 0 Å². The van der Waals surface area contributed by atoms with Crippen LogP contribution in [0.2, 0.25) is 0 Å². The molecule has 30 heavy (non-hydrogen) atoms. The number of benzene rings is 1. The fourth-order valence-electron chi connectivity index (χ4n) is 4.17. The first kappa shape index (κ1) is 20.6. The minimum Gasteiger partial charge on any atom is -0.459 e. The van der Waals surface area contributed by atoms with Gasteiger partial charge in [-0.3, -0.25) is 14.5 Å². The van der Waals surface area contributed by atoms with Crippen molar-refractivity contribution < 1.29 is 22.4 Å². The lowest BCUT2D eigenvalue weighted by Gasteiger charge is -2.35. The van der Waals surface area contributed by atoms with E-state index in [1.807, 2.05) is 0 Å². The van der Waals surface area contributed by atoms with Crippen molar-refractivity contribution in [3.63, 3.8) is 0 Å². The average molecular weight is 432 g/mol. The lowest BCUT2D eigenvalue weighted by molar-refractivity contribution is 0.0899. The number of hydrogen-bond donors (Lipinski definition) is 2. The molecule has 9 heteroatoms. The molecule has 0 radical (unpaired) electrons. The molecule has 4 rings (SSSR count). The number of carbonyl (C=O) groups excluding carboxylic acids is 2. The molecule has 2 aliphatic heterocycles. The monoisotopic (exact) mass is 431 g/mol. The Hall–Kier alpha value is -2.65. The maximum Gasteiger partial charge on any atom is 0.291 e. The van der Waals surface area contributed by atoms with Crippen LogP contribution in [0.15, 0.2) is 47.1 Å². The Kier molecular flexibility index (Phi) is 5.92. The molecule has 1 aromatic heterocycles. The largest absolute Gasteiger partial charge is 0.459 e. The molecule has 0 spiro atoms. The standard InChI is InChI=1S/C21H25N3O5S/c25-20(15-6-4-7-16(12-15)22-21(26)19-8-5-11-29-19)23-17-13-30(27,28)14-18(17)24-9-2-1-3-10-24/h4-8,11-12,17-18H,1-3,9-10,13-14H2,(H,22,26)(H,23,25). The lowest BCUT2D eigenvalue weighted by atomic mass is 10.0. The summed E-state index contributed by atoms with van der Waals surface area (Å²) in [5, 5.41) is 5.61. The third kappa shape index (κ3) is 4.73. The number of nitrogens with zero attached hydrogens (tertiary/aromatic N) is 1. The normalized spacial score (nSPS) is 23.7. The van der Waals surface area contributed by atoms with E-state index in [0.717, 1.165) is 32.4 Å². The van der Waals surface area contributed by atoms with E-state index in [1.165, 1.54) is 6.26 Å². The summed E-state index contributed by atoms with van der Waals surface area (Å²) >= 11 is 0. The molecule has 1 aromatic carbocycles. The third-order valence-corrected chi connectivity index (χ3v) is 7.34. The predicted molar refractivity (Wildman–Crippen MR) is 112 cm³/mol. The lowest BCUT2D eigenvalue weighted by Crippen LogP contribution is -2.52. The highest BCUT2D eigenvalue weighted by Gasteiger charge is 2.42. The van der Waals surface area contributed by atoms with Gasteiger partial charge in [-0.1, -0.05) is 12.5 Å². The number of rotatable bonds is 5. The zero-order valence-electron chi connectivity index (χ0n) is 16.5. The fraction of sp³-hybridized carbons (Fsp3) is 0.429. The van der Waals surface area contributed by atoms with Crippen LogP contribution in [0.5, 0.6) is 0 Å². The van der Waals surface area contributed by atoms with E-state index in [0.29, 0.717) is 11.3 Å². The van der Waals surface area contributed by atoms with E-state index in [2.05, 4.69) is 15.5 Å². The number of furan rings is 1. The molecule has 2 aromatic rings. The van der Waals surface area contributed by atoms with Crippen molar-refractivity contribution in [2.45, 2.75) is 31.3 Å². The second-order valence-electron chi connectivity index (χ2n) is 7.83. The molecule has 0 aliphatic carbocycles. The molecule has 2 N–H and O–H groups in total. The van der Waals surface area contributed by atoms with Crippen molar-refractivity contribution in [2.24, 2.45) is 0 Å². The first-order chi connectivity index (χ1) is 14.4. The molecule has 8 nitrogen and oxygen atoms in total. The van der Waals surface area contributed by atoms with Crippen LogP contribution < -0.4 is 10.6 Å². The van der Waals surface area contributed by atoms with Gasteiger partial charge in [0.25, 0.3) is 11.8 Å². The van der Waals surface area contributed by atoms with Gasteiger partial charge in [-0.05, 0) is 56.3 Å². The first-order valence-corrected chi connectivity index (χ1v) is 11.9. The van der Waals surface area contributed by atoms with Crippen molar-refractivity contribution in [1.29, 1.82) is 0 Å². The van der Waals surface area contributed by atoms with Gasteiger partial charge in [-0.25, -0.2) is 8.42 Å². The Labute approximate surface area is 175 Å². The van der Waals surface area contributed by atoms with Gasteiger partial charge in [-0.2, -0.15) is 0 Å². The van der Waals surface area contributed by atoms with Gasteiger partial charge < -0.3 is 15.1 Å². The highest BCUT2D eigenvalue weighted by molar-refractivity contribution is 7.91. The topological polar surface area (TPSA) is 109 Å². The summed E-state index contributed by atoms with van der Waals surface area (Å²) in [5.74, 6) is -0.561. The third-order valence-electron chi connectivity index (χ3n) is 5.63. The second kappa shape index (κ2) is 8.61. The minimum absolute atomic E-state index is 0.0468. The number of hydrogen-bond acceptors (Lipinski definition) is 6. The van der Waals surface area contributed by atoms with Gasteiger partial charge in [0.1, 0.15) is 0 Å². The Morgan fingerprint density at radius 1 is 1.00 bits per heavy atom. The predicted octanol–water partition coefficient (Wildman–Crippen LogP) is 1.91. The fourth-order valence-corrected chi connectivity index (χ4v) is 6.12. The van der Waals surface area contributed by atoms with E-state index in [4.69, 9.17) is 4.42 Å². The zero-order chi connectivity index (χ0) is 21.1. The van der Waals surface area contributed by atoms with E-state index in [-0.39, 0.29) is 29.2 Å². The summed E-state index contributed by atoms with van der Waals surface area (Å²) in [7, 11) is -3.19. The van der Waals surface area contributed by atoms with Gasteiger partial charge in [0.15, 0.2) is 15.6 Å². The first-order valence-electron chi connectivity index (χ1n) is 10.1. The number of anilines is 1. The van der Waals surface area contributed by atoms with E-state index < -0.39 is 21.8 Å². The number of likely N-dealkylation sites (tertiary alicyclic amines) is 1. The molecular weight excluding hydrogens is 406 g/mol. The number of sulfone groups is 1. The summed E-state index contributed by atoms with van der Waals surface area (Å²) in [6, 6.07) is 9.07. The summed E-state index contributed by atoms with van der Waals surface area (Å²) in [5.41, 5.74) is 0.810. The quantitative estimate of drug-likeness (QED) is 0.749. The Bertz CT molecular complexity index is 1010. The van der Waals surface area contributed by atoms with Crippen LogP contribution in [0, 0.1) is 0 Å². The number of amides is 2. The van der Waals surface area contributed by atoms with Crippen LogP contribution in [0.1, 0.15) is 40.2 Å². The highest BCUT2D eigenvalue weighted by Crippen LogP contribution is 2.23. The average Bonchev–Trinajstić information content (AvgIpc) is 3.37. The zero-order valence-corrected chi connectivity index (χ0v) is 17.4. The van der Waals surface area contributed by atoms with Crippen molar-refractivity contribution in [2.75, 3.05) is 29.9 Å². The van der Waals surface area contributed by atoms with Gasteiger partial charge in [0, 0.05) is 17.3 Å². The minimum atomic E-state index is -3.19. The molecule has 2 unspecified atom stereocenters. The Morgan fingerprint density at radius 2 is 1.80 bits per heavy atom. The van der Waals surface area contributed by atoms with Crippen molar-refractivity contribution in [3.8, 4) is 0 Å². The van der Waals surface area contributed by atoms with E-state index >= 15 is 0 Å². The summed E-state index contributed by atoms with van der Waals surface area (Å²) in [6.45, 7) is 1.72. The highest BCUT2D eigenvalue weighted by atomic mass is 32.2. The molecular formula is C21H25N3O5S. The molecule has 2 amide bonds. The summed E-state index contributed by atoms with van der Waals surface area (Å²) in [4.78, 5) is 27.2. The Morgan fingerprint density at radius 3 is 2.53 bits per heavy atom. The van der Waals surface area contributed by atoms with E-state index in [1.54, 1.807) is 36.4 Å². The SMILES string of the molecule is O=C(NC1CS(=O)(=O)CC1N1CCCCC1)c1cccc(NC(=O)c2ccco2)c1. The van der Waals surface area contributed by atoms with Crippen LogP contribution in [0.25, 0.3) is 0 Å². The van der Waals surface area contributed by atoms with Crippen LogP contribution in [-0.2, 0) is 9.84 Å². The molecule has 2 aliphatic rings. The maximum absolute atomic E-state index is 12.9. The van der Waals surface area contributed by atoms with Gasteiger partial charge in [0.05, 0.1) is 23.8 Å². The van der Waals surface area contributed by atoms with Crippen LogP contribution in [-0.4, -0.2) is 61.8 Å². The smallest absolute Gasteiger partial charge is 0.291 e. The van der Waals surface area contributed by atoms with Gasteiger partial charge >= 0.3 is 0 Å². The Balaban J connectivity index is 1.45. The van der Waals surface area contributed by atoms with Crippen LogP contribution >= 0.6 is 0 Å². The number of carbonyl (C=O) groups is 2. The van der Waals surface area contributed by atoms with Crippen molar-refractivity contribution in [1.82, 2.24) is 10.2 Å². The molecule has 0 bridgehead atoms. The summed E-state index contributed by atoms with van der Waals surface area (Å²) in [6.07, 6.45) is 4.67. The maximum atomic E-state index is 12.9. The second-order valence-corrected chi connectivity index (χ2v) is 9.99. The number of nitrogens with one attached hydrogen (secondary N) is 2. The van der Waals surface area contributed by atoms with Crippen molar-refractivity contribution >= 4 is 27.3 Å².